The van der Waals surface area contributed by atoms with Crippen molar-refractivity contribution in [3.8, 4) is 0 Å². The van der Waals surface area contributed by atoms with E-state index in [0.717, 1.165) is 5.56 Å². The van der Waals surface area contributed by atoms with E-state index in [1.165, 1.54) is 4.90 Å². The number of benzene rings is 1. The Morgan fingerprint density at radius 3 is 2.47 bits per heavy atom. The molecule has 0 radical (unpaired) electrons. The predicted octanol–water partition coefficient (Wildman–Crippen LogP) is 0.391. The fourth-order valence-corrected chi connectivity index (χ4v) is 2.10. The van der Waals surface area contributed by atoms with Crippen LogP contribution in [0.4, 0.5) is 0 Å². The normalized spacial score (nSPS) is 17.6. The Hall–Kier alpha value is -1.68. The maximum absolute atomic E-state index is 11.6. The Morgan fingerprint density at radius 1 is 1.24 bits per heavy atom. The maximum atomic E-state index is 11.6. The lowest BCUT2D eigenvalue weighted by Crippen LogP contribution is -2.40. The number of carbonyl (C=O) groups is 2. The number of likely N-dealkylation sites (tertiary alicyclic amines) is 1. The van der Waals surface area contributed by atoms with E-state index in [0.29, 0.717) is 6.42 Å². The quantitative estimate of drug-likeness (QED) is 0.765. The minimum absolute atomic E-state index is 0.0225. The molecule has 0 bridgehead atoms. The molecule has 1 amide bonds. The smallest absolute Gasteiger partial charge is 0.230 e. The summed E-state index contributed by atoms with van der Waals surface area (Å²) in [6.07, 6.45) is 0.557. The van der Waals surface area contributed by atoms with Crippen molar-refractivity contribution in [3.63, 3.8) is 0 Å². The number of amides is 1. The molecule has 1 saturated heterocycles. The molecule has 1 aliphatic rings. The second kappa shape index (κ2) is 5.10. The molecule has 1 aromatic rings. The van der Waals surface area contributed by atoms with Crippen molar-refractivity contribution in [2.24, 2.45) is 0 Å². The third-order valence-electron chi connectivity index (χ3n) is 2.98. The summed E-state index contributed by atoms with van der Waals surface area (Å²) < 4.78 is 0. The van der Waals surface area contributed by atoms with Gasteiger partial charge < -0.3 is 10.0 Å². The van der Waals surface area contributed by atoms with E-state index in [9.17, 15) is 14.7 Å². The first kappa shape index (κ1) is 11.8. The van der Waals surface area contributed by atoms with Crippen LogP contribution in [0, 0.1) is 0 Å². The summed E-state index contributed by atoms with van der Waals surface area (Å²) in [5.74, 6) is -0.244. The van der Waals surface area contributed by atoms with Gasteiger partial charge in [-0.15, -0.1) is 0 Å². The van der Waals surface area contributed by atoms with Crippen LogP contribution in [0.5, 0.6) is 0 Å². The van der Waals surface area contributed by atoms with Gasteiger partial charge in [-0.05, 0) is 12.0 Å². The number of hydrogen-bond donors (Lipinski definition) is 1. The molecule has 0 aromatic heterocycles. The Labute approximate surface area is 99.9 Å². The first-order chi connectivity index (χ1) is 8.20. The molecular formula is C13H15NO3. The summed E-state index contributed by atoms with van der Waals surface area (Å²) in [5.41, 5.74) is 1.05. The second-order valence-electron chi connectivity index (χ2n) is 4.26. The van der Waals surface area contributed by atoms with Crippen molar-refractivity contribution < 1.29 is 14.7 Å². The van der Waals surface area contributed by atoms with Crippen LogP contribution in [0.15, 0.2) is 30.3 Å². The van der Waals surface area contributed by atoms with Crippen LogP contribution in [0.25, 0.3) is 0 Å². The van der Waals surface area contributed by atoms with E-state index in [-0.39, 0.29) is 37.3 Å². The molecule has 90 valence electrons. The van der Waals surface area contributed by atoms with Crippen molar-refractivity contribution in [1.82, 2.24) is 4.90 Å². The molecule has 2 rings (SSSR count). The monoisotopic (exact) mass is 233 g/mol. The topological polar surface area (TPSA) is 57.6 Å². The van der Waals surface area contributed by atoms with Gasteiger partial charge in [0.05, 0.1) is 25.6 Å². The number of aliphatic hydroxyl groups is 1. The lowest BCUT2D eigenvalue weighted by molar-refractivity contribution is -0.130. The van der Waals surface area contributed by atoms with E-state index < -0.39 is 0 Å². The second-order valence-corrected chi connectivity index (χ2v) is 4.26. The zero-order valence-corrected chi connectivity index (χ0v) is 9.50. The minimum Gasteiger partial charge on any atom is -0.394 e. The summed E-state index contributed by atoms with van der Waals surface area (Å²) in [6, 6.07) is 9.36. The van der Waals surface area contributed by atoms with Crippen LogP contribution in [-0.4, -0.2) is 40.9 Å². The van der Waals surface area contributed by atoms with Gasteiger partial charge in [0.25, 0.3) is 0 Å². The van der Waals surface area contributed by atoms with E-state index >= 15 is 0 Å². The van der Waals surface area contributed by atoms with Crippen LogP contribution in [-0.2, 0) is 16.0 Å². The van der Waals surface area contributed by atoms with Crippen molar-refractivity contribution >= 4 is 11.7 Å². The Balaban J connectivity index is 2.07. The predicted molar refractivity (Wildman–Crippen MR) is 62.4 cm³/mol. The number of Topliss-reactive ketones (excluding diaryl/α,β-unsaturated/α-hetero) is 1. The molecule has 1 unspecified atom stereocenters. The molecule has 1 aliphatic heterocycles. The van der Waals surface area contributed by atoms with E-state index in [2.05, 4.69) is 0 Å². The average molecular weight is 233 g/mol. The number of nitrogens with zero attached hydrogens (tertiary/aromatic N) is 1. The van der Waals surface area contributed by atoms with Gasteiger partial charge in [-0.2, -0.15) is 0 Å². The van der Waals surface area contributed by atoms with Gasteiger partial charge in [-0.3, -0.25) is 9.59 Å². The third kappa shape index (κ3) is 2.71. The zero-order valence-electron chi connectivity index (χ0n) is 9.50. The average Bonchev–Trinajstić information content (AvgIpc) is 2.67. The van der Waals surface area contributed by atoms with Crippen molar-refractivity contribution in [1.29, 1.82) is 0 Å². The van der Waals surface area contributed by atoms with Crippen LogP contribution in [0.2, 0.25) is 0 Å². The number of ketones is 1. The van der Waals surface area contributed by atoms with Crippen molar-refractivity contribution in [2.45, 2.75) is 18.9 Å². The fraction of sp³-hybridized carbons (Fsp3) is 0.385. The first-order valence-corrected chi connectivity index (χ1v) is 5.66. The molecule has 1 atom stereocenters. The largest absolute Gasteiger partial charge is 0.394 e. The molecule has 4 heteroatoms. The Bertz CT molecular complexity index is 416. The molecule has 0 saturated carbocycles. The lowest BCUT2D eigenvalue weighted by atomic mass is 10.1. The summed E-state index contributed by atoms with van der Waals surface area (Å²) >= 11 is 0. The third-order valence-corrected chi connectivity index (χ3v) is 2.98. The summed E-state index contributed by atoms with van der Waals surface area (Å²) in [6.45, 7) is 0.0187. The SMILES string of the molecule is O=C1CC(=O)N(C(CO)Cc2ccccc2)C1. The number of rotatable bonds is 4. The molecule has 4 nitrogen and oxygen atoms in total. The van der Waals surface area contributed by atoms with Gasteiger partial charge in [0.1, 0.15) is 0 Å². The van der Waals surface area contributed by atoms with Gasteiger partial charge in [-0.1, -0.05) is 30.3 Å². The van der Waals surface area contributed by atoms with Crippen LogP contribution in [0.3, 0.4) is 0 Å². The highest BCUT2D eigenvalue weighted by Crippen LogP contribution is 2.15. The molecular weight excluding hydrogens is 218 g/mol. The highest BCUT2D eigenvalue weighted by Gasteiger charge is 2.32. The molecule has 1 heterocycles. The fourth-order valence-electron chi connectivity index (χ4n) is 2.10. The highest BCUT2D eigenvalue weighted by atomic mass is 16.3. The minimum atomic E-state index is -0.295. The summed E-state index contributed by atoms with van der Waals surface area (Å²) in [7, 11) is 0. The molecule has 1 aromatic carbocycles. The van der Waals surface area contributed by atoms with E-state index in [4.69, 9.17) is 0 Å². The van der Waals surface area contributed by atoms with Crippen LogP contribution >= 0.6 is 0 Å². The van der Waals surface area contributed by atoms with Gasteiger partial charge in [-0.25, -0.2) is 0 Å². The lowest BCUT2D eigenvalue weighted by Gasteiger charge is -2.25. The van der Waals surface area contributed by atoms with E-state index in [1.807, 2.05) is 30.3 Å². The first-order valence-electron chi connectivity index (χ1n) is 5.66. The van der Waals surface area contributed by atoms with E-state index in [1.54, 1.807) is 0 Å². The molecule has 0 spiro atoms. The summed E-state index contributed by atoms with van der Waals surface area (Å²) in [4.78, 5) is 24.2. The number of aliphatic hydroxyl groups excluding tert-OH is 1. The molecule has 1 N–H and O–H groups in total. The van der Waals surface area contributed by atoms with Gasteiger partial charge in [0.2, 0.25) is 5.91 Å². The Kier molecular flexibility index (Phi) is 3.54. The molecule has 0 aliphatic carbocycles. The Morgan fingerprint density at radius 2 is 1.94 bits per heavy atom. The highest BCUT2D eigenvalue weighted by molar-refractivity contribution is 6.05. The standard InChI is InChI=1S/C13H15NO3/c15-9-11(6-10-4-2-1-3-5-10)14-8-12(16)7-13(14)17/h1-5,11,15H,6-9H2. The van der Waals surface area contributed by atoms with Crippen molar-refractivity contribution in [2.75, 3.05) is 13.2 Å². The molecule has 1 fully saturated rings. The van der Waals surface area contributed by atoms with Crippen molar-refractivity contribution in [3.05, 3.63) is 35.9 Å². The van der Waals surface area contributed by atoms with Gasteiger partial charge in [0, 0.05) is 0 Å². The number of hydrogen-bond acceptors (Lipinski definition) is 3. The molecule has 17 heavy (non-hydrogen) atoms. The van der Waals surface area contributed by atoms with Crippen LogP contribution in [0.1, 0.15) is 12.0 Å². The maximum Gasteiger partial charge on any atom is 0.230 e. The van der Waals surface area contributed by atoms with Gasteiger partial charge >= 0.3 is 0 Å². The number of carbonyl (C=O) groups excluding carboxylic acids is 2. The summed E-state index contributed by atoms with van der Waals surface area (Å²) in [5, 5.41) is 9.35. The zero-order chi connectivity index (χ0) is 12.3. The van der Waals surface area contributed by atoms with Crippen LogP contribution < -0.4 is 0 Å². The van der Waals surface area contributed by atoms with Gasteiger partial charge in [0.15, 0.2) is 5.78 Å².